The van der Waals surface area contributed by atoms with Crippen LogP contribution in [0.5, 0.6) is 0 Å². The number of ketones is 1. The largest absolute Gasteiger partial charge is 0.293 e. The van der Waals surface area contributed by atoms with E-state index in [0.29, 0.717) is 21.1 Å². The number of nitrogens with zero attached hydrogens (tertiary/aromatic N) is 2. The van der Waals surface area contributed by atoms with Gasteiger partial charge < -0.3 is 0 Å². The average Bonchev–Trinajstić information content (AvgIpc) is 2.73. The zero-order valence-corrected chi connectivity index (χ0v) is 16.0. The second kappa shape index (κ2) is 7.86. The fourth-order valence-electron chi connectivity index (χ4n) is 2.85. The first kappa shape index (κ1) is 17.6. The summed E-state index contributed by atoms with van der Waals surface area (Å²) in [5.74, 6) is 0.373. The maximum atomic E-state index is 12.5. The van der Waals surface area contributed by atoms with Crippen LogP contribution >= 0.6 is 24.0 Å². The van der Waals surface area contributed by atoms with Gasteiger partial charge in [0, 0.05) is 16.6 Å². The van der Waals surface area contributed by atoms with Gasteiger partial charge in [0.05, 0.1) is 11.3 Å². The van der Waals surface area contributed by atoms with Crippen LogP contribution in [-0.2, 0) is 0 Å². The molecule has 4 rings (SSSR count). The molecule has 27 heavy (non-hydrogen) atoms. The molecule has 0 N–H and O–H groups in total. The van der Waals surface area contributed by atoms with Crippen LogP contribution in [0.1, 0.15) is 10.4 Å². The summed E-state index contributed by atoms with van der Waals surface area (Å²) < 4.78 is 2.64. The van der Waals surface area contributed by atoms with E-state index >= 15 is 0 Å². The van der Waals surface area contributed by atoms with E-state index in [4.69, 9.17) is 17.2 Å². The maximum Gasteiger partial charge on any atom is 0.174 e. The van der Waals surface area contributed by atoms with Crippen molar-refractivity contribution in [2.24, 2.45) is 0 Å². The first-order valence-electron chi connectivity index (χ1n) is 8.52. The number of Topliss-reactive ketones (excluding diaryl/α,β-unsaturated/α-hetero) is 1. The average molecular weight is 389 g/mol. The van der Waals surface area contributed by atoms with Crippen LogP contribution in [0.15, 0.2) is 90.1 Å². The van der Waals surface area contributed by atoms with E-state index in [0.717, 1.165) is 16.6 Å². The Bertz CT molecular complexity index is 1160. The van der Waals surface area contributed by atoms with Crippen LogP contribution in [0.4, 0.5) is 0 Å². The van der Waals surface area contributed by atoms with E-state index in [1.54, 1.807) is 0 Å². The molecule has 0 aliphatic carbocycles. The summed E-state index contributed by atoms with van der Waals surface area (Å²) in [4.78, 5) is 17.3. The Balaban J connectivity index is 1.77. The van der Waals surface area contributed by atoms with E-state index in [9.17, 15) is 4.79 Å². The number of carbonyl (C=O) groups excluding carboxylic acids is 1. The number of aromatic nitrogens is 2. The molecular weight excluding hydrogens is 372 g/mol. The molecule has 4 aromatic rings. The quantitative estimate of drug-likeness (QED) is 0.189. The van der Waals surface area contributed by atoms with Crippen molar-refractivity contribution in [2.45, 2.75) is 5.16 Å². The van der Waals surface area contributed by atoms with Gasteiger partial charge in [-0.15, -0.1) is 0 Å². The van der Waals surface area contributed by atoms with E-state index < -0.39 is 0 Å². The maximum absolute atomic E-state index is 12.5. The molecule has 0 radical (unpaired) electrons. The molecule has 0 aliphatic rings. The highest BCUT2D eigenvalue weighted by Crippen LogP contribution is 2.26. The zero-order valence-electron chi connectivity index (χ0n) is 14.4. The fourth-order valence-corrected chi connectivity index (χ4v) is 4.19. The third-order valence-corrected chi connectivity index (χ3v) is 5.53. The number of fused-ring (bicyclic) bond motifs is 1. The Morgan fingerprint density at radius 2 is 1.52 bits per heavy atom. The Morgan fingerprint density at radius 3 is 2.26 bits per heavy atom. The minimum Gasteiger partial charge on any atom is -0.293 e. The van der Waals surface area contributed by atoms with E-state index in [1.807, 2.05) is 89.5 Å². The molecule has 0 atom stereocenters. The Hall–Kier alpha value is -2.76. The van der Waals surface area contributed by atoms with Crippen molar-refractivity contribution in [3.8, 4) is 5.69 Å². The first-order chi connectivity index (χ1) is 13.2. The molecule has 1 heterocycles. The Morgan fingerprint density at radius 1 is 0.889 bits per heavy atom. The first-order valence-corrected chi connectivity index (χ1v) is 9.92. The molecule has 0 saturated carbocycles. The van der Waals surface area contributed by atoms with Crippen molar-refractivity contribution >= 4 is 40.7 Å². The van der Waals surface area contributed by atoms with Crippen molar-refractivity contribution in [3.63, 3.8) is 0 Å². The van der Waals surface area contributed by atoms with Crippen LogP contribution in [0.3, 0.4) is 0 Å². The van der Waals surface area contributed by atoms with Crippen LogP contribution < -0.4 is 0 Å². The summed E-state index contributed by atoms with van der Waals surface area (Å²) in [7, 11) is 0. The lowest BCUT2D eigenvalue weighted by atomic mass is 10.2. The van der Waals surface area contributed by atoms with Gasteiger partial charge in [0.1, 0.15) is 4.64 Å². The molecule has 132 valence electrons. The number of benzene rings is 3. The van der Waals surface area contributed by atoms with Gasteiger partial charge in [0.2, 0.25) is 0 Å². The number of rotatable bonds is 5. The van der Waals surface area contributed by atoms with Crippen LogP contribution in [0.2, 0.25) is 0 Å². The number of thioether (sulfide) groups is 1. The van der Waals surface area contributed by atoms with Crippen molar-refractivity contribution < 1.29 is 4.79 Å². The predicted molar refractivity (Wildman–Crippen MR) is 113 cm³/mol. The number of para-hydroxylation sites is 2. The molecule has 0 spiro atoms. The molecule has 0 fully saturated rings. The van der Waals surface area contributed by atoms with Crippen LogP contribution in [0.25, 0.3) is 16.6 Å². The molecule has 0 amide bonds. The van der Waals surface area contributed by atoms with Crippen molar-refractivity contribution in [1.29, 1.82) is 0 Å². The fraction of sp³-hybridized carbons (Fsp3) is 0.0455. The van der Waals surface area contributed by atoms with Gasteiger partial charge in [-0.25, -0.2) is 4.98 Å². The Labute approximate surface area is 166 Å². The molecule has 3 nitrogen and oxygen atoms in total. The van der Waals surface area contributed by atoms with Gasteiger partial charge in [-0.1, -0.05) is 84.6 Å². The molecule has 1 aromatic heterocycles. The smallest absolute Gasteiger partial charge is 0.174 e. The van der Waals surface area contributed by atoms with E-state index in [2.05, 4.69) is 0 Å². The lowest BCUT2D eigenvalue weighted by Crippen LogP contribution is -2.08. The normalized spacial score (nSPS) is 10.8. The summed E-state index contributed by atoms with van der Waals surface area (Å²) in [6.07, 6.45) is 0. The minimum absolute atomic E-state index is 0.0705. The highest BCUT2D eigenvalue weighted by atomic mass is 32.2. The highest BCUT2D eigenvalue weighted by molar-refractivity contribution is 7.99. The summed E-state index contributed by atoms with van der Waals surface area (Å²) in [5, 5.41) is 1.64. The monoisotopic (exact) mass is 388 g/mol. The van der Waals surface area contributed by atoms with Gasteiger partial charge in [-0.3, -0.25) is 9.36 Å². The zero-order chi connectivity index (χ0) is 18.6. The van der Waals surface area contributed by atoms with Gasteiger partial charge in [0.15, 0.2) is 10.9 Å². The lowest BCUT2D eigenvalue weighted by Gasteiger charge is -2.14. The summed E-state index contributed by atoms with van der Waals surface area (Å²) in [6.45, 7) is 0. The van der Waals surface area contributed by atoms with E-state index in [-0.39, 0.29) is 5.78 Å². The van der Waals surface area contributed by atoms with Crippen LogP contribution in [-0.4, -0.2) is 21.1 Å². The number of carbonyl (C=O) groups is 1. The van der Waals surface area contributed by atoms with Gasteiger partial charge in [0.25, 0.3) is 0 Å². The summed E-state index contributed by atoms with van der Waals surface area (Å²) >= 11 is 7.17. The SMILES string of the molecule is O=C(CSc1nc2ccccc2c(=S)n1-c1ccccc1)c1ccccc1. The molecular formula is C22H16N2OS2. The minimum atomic E-state index is 0.0705. The Kier molecular flexibility index (Phi) is 5.14. The third kappa shape index (κ3) is 3.70. The summed E-state index contributed by atoms with van der Waals surface area (Å²) in [6, 6.07) is 27.0. The topological polar surface area (TPSA) is 34.9 Å². The second-order valence-corrected chi connectivity index (χ2v) is 7.29. The predicted octanol–water partition coefficient (Wildman–Crippen LogP) is 5.73. The van der Waals surface area contributed by atoms with Crippen molar-refractivity contribution in [1.82, 2.24) is 9.55 Å². The van der Waals surface area contributed by atoms with Crippen molar-refractivity contribution in [3.05, 3.63) is 95.1 Å². The summed E-state index contributed by atoms with van der Waals surface area (Å²) in [5.41, 5.74) is 2.48. The van der Waals surface area contributed by atoms with Gasteiger partial charge in [-0.05, 0) is 24.3 Å². The molecule has 5 heteroatoms. The van der Waals surface area contributed by atoms with Crippen LogP contribution in [0, 0.1) is 4.64 Å². The molecule has 0 unspecified atom stereocenters. The third-order valence-electron chi connectivity index (χ3n) is 4.19. The second-order valence-electron chi connectivity index (χ2n) is 5.97. The molecule has 0 saturated heterocycles. The van der Waals surface area contributed by atoms with Gasteiger partial charge in [-0.2, -0.15) is 0 Å². The van der Waals surface area contributed by atoms with Crippen molar-refractivity contribution in [2.75, 3.05) is 5.75 Å². The highest BCUT2D eigenvalue weighted by Gasteiger charge is 2.13. The van der Waals surface area contributed by atoms with Gasteiger partial charge >= 0.3 is 0 Å². The van der Waals surface area contributed by atoms with E-state index in [1.165, 1.54) is 11.8 Å². The standard InChI is InChI=1S/C22H16N2OS2/c25-20(16-9-3-1-4-10-16)15-27-22-23-19-14-8-7-13-18(19)21(26)24(22)17-11-5-2-6-12-17/h1-14H,15H2. The molecule has 0 aliphatic heterocycles. The molecule has 3 aromatic carbocycles. The number of hydrogen-bond donors (Lipinski definition) is 0. The number of hydrogen-bond acceptors (Lipinski definition) is 4. The molecule has 0 bridgehead atoms. The lowest BCUT2D eigenvalue weighted by molar-refractivity contribution is 0.102.